The average molecular weight is 435 g/mol. The summed E-state index contributed by atoms with van der Waals surface area (Å²) in [6.07, 6.45) is 5.87. The van der Waals surface area contributed by atoms with E-state index in [1.165, 1.54) is 11.3 Å². The van der Waals surface area contributed by atoms with Gasteiger partial charge in [0, 0.05) is 31.7 Å². The third-order valence-electron chi connectivity index (χ3n) is 5.45. The Labute approximate surface area is 180 Å². The van der Waals surface area contributed by atoms with E-state index in [0.29, 0.717) is 22.7 Å². The number of halogens is 1. The van der Waals surface area contributed by atoms with E-state index in [1.54, 1.807) is 25.2 Å². The summed E-state index contributed by atoms with van der Waals surface area (Å²) in [7, 11) is 1.56. The number of benzene rings is 1. The second kappa shape index (κ2) is 9.93. The summed E-state index contributed by atoms with van der Waals surface area (Å²) in [5, 5.41) is 6.10. The van der Waals surface area contributed by atoms with Crippen LogP contribution in [0.4, 0.5) is 10.5 Å². The molecule has 8 nitrogen and oxygen atoms in total. The topological polar surface area (TPSA) is 98.8 Å². The third-order valence-corrected chi connectivity index (χ3v) is 5.78. The number of carbonyl (C=O) groups excluding carboxylic acids is 4. The van der Waals surface area contributed by atoms with Gasteiger partial charge in [0.15, 0.2) is 0 Å². The van der Waals surface area contributed by atoms with Crippen molar-refractivity contribution in [1.82, 2.24) is 15.1 Å². The largest absolute Gasteiger partial charge is 0.349 e. The van der Waals surface area contributed by atoms with Crippen LogP contribution in [0.3, 0.4) is 0 Å². The van der Waals surface area contributed by atoms with Crippen molar-refractivity contribution in [2.75, 3.05) is 25.5 Å². The van der Waals surface area contributed by atoms with Crippen molar-refractivity contribution < 1.29 is 19.2 Å². The van der Waals surface area contributed by atoms with E-state index in [-0.39, 0.29) is 49.3 Å². The van der Waals surface area contributed by atoms with E-state index in [4.69, 9.17) is 11.6 Å². The molecule has 30 heavy (non-hydrogen) atoms. The molecular formula is C21H27ClN4O4. The number of carbonyl (C=O) groups is 4. The van der Waals surface area contributed by atoms with Crippen LogP contribution in [0.15, 0.2) is 18.2 Å². The van der Waals surface area contributed by atoms with Gasteiger partial charge in [-0.2, -0.15) is 0 Å². The standard InChI is InChI=1S/C21H27ClN4O4/c1-25-13-19(28)26(21(25)30)11-5-8-18(27)23-15-9-10-17(22)16(12-15)20(29)24-14-6-3-2-4-7-14/h9-10,12,14H,2-8,11,13H2,1H3,(H,23,27)(H,24,29). The van der Waals surface area contributed by atoms with Crippen LogP contribution >= 0.6 is 11.6 Å². The van der Waals surface area contributed by atoms with Crippen LogP contribution in [0.2, 0.25) is 5.02 Å². The lowest BCUT2D eigenvalue weighted by Crippen LogP contribution is -2.36. The summed E-state index contributed by atoms with van der Waals surface area (Å²) in [6.45, 7) is 0.270. The molecule has 3 rings (SSSR count). The van der Waals surface area contributed by atoms with Gasteiger partial charge >= 0.3 is 6.03 Å². The maximum atomic E-state index is 12.6. The van der Waals surface area contributed by atoms with E-state index in [9.17, 15) is 19.2 Å². The van der Waals surface area contributed by atoms with Crippen LogP contribution in [0, 0.1) is 0 Å². The number of amides is 5. The van der Waals surface area contributed by atoms with Crippen molar-refractivity contribution in [3.05, 3.63) is 28.8 Å². The molecule has 1 saturated carbocycles. The number of hydrogen-bond donors (Lipinski definition) is 2. The number of rotatable bonds is 7. The van der Waals surface area contributed by atoms with Crippen molar-refractivity contribution in [1.29, 1.82) is 0 Å². The first-order chi connectivity index (χ1) is 14.3. The molecule has 0 spiro atoms. The van der Waals surface area contributed by atoms with E-state index >= 15 is 0 Å². The van der Waals surface area contributed by atoms with Crippen molar-refractivity contribution in [2.45, 2.75) is 51.0 Å². The molecule has 0 aromatic heterocycles. The highest BCUT2D eigenvalue weighted by Gasteiger charge is 2.32. The fourth-order valence-corrected chi connectivity index (χ4v) is 4.00. The van der Waals surface area contributed by atoms with Gasteiger partial charge in [-0.1, -0.05) is 30.9 Å². The summed E-state index contributed by atoms with van der Waals surface area (Å²) in [6, 6.07) is 4.62. The number of hydrogen-bond acceptors (Lipinski definition) is 4. The third kappa shape index (κ3) is 5.50. The fourth-order valence-electron chi connectivity index (χ4n) is 3.80. The van der Waals surface area contributed by atoms with Crippen molar-refractivity contribution in [3.8, 4) is 0 Å². The van der Waals surface area contributed by atoms with Gasteiger partial charge in [-0.3, -0.25) is 19.3 Å². The Morgan fingerprint density at radius 2 is 1.90 bits per heavy atom. The molecule has 1 aliphatic heterocycles. The molecule has 1 heterocycles. The van der Waals surface area contributed by atoms with Gasteiger partial charge in [-0.25, -0.2) is 4.79 Å². The van der Waals surface area contributed by atoms with Gasteiger partial charge in [0.05, 0.1) is 10.6 Å². The quantitative estimate of drug-likeness (QED) is 0.644. The highest BCUT2D eigenvalue weighted by Crippen LogP contribution is 2.23. The number of anilines is 1. The first kappa shape index (κ1) is 22.1. The average Bonchev–Trinajstić information content (AvgIpc) is 2.96. The number of nitrogens with one attached hydrogen (secondary N) is 2. The normalized spacial score (nSPS) is 17.4. The molecule has 0 atom stereocenters. The summed E-state index contributed by atoms with van der Waals surface area (Å²) in [5.41, 5.74) is 0.808. The second-order valence-corrected chi connectivity index (χ2v) is 8.25. The Hall–Kier alpha value is -2.61. The van der Waals surface area contributed by atoms with Gasteiger partial charge in [-0.05, 0) is 37.5 Å². The number of imide groups is 1. The van der Waals surface area contributed by atoms with E-state index < -0.39 is 0 Å². The van der Waals surface area contributed by atoms with Crippen LogP contribution in [-0.2, 0) is 9.59 Å². The van der Waals surface area contributed by atoms with Crippen molar-refractivity contribution in [3.63, 3.8) is 0 Å². The lowest BCUT2D eigenvalue weighted by atomic mass is 9.95. The molecule has 0 bridgehead atoms. The maximum absolute atomic E-state index is 12.6. The Kier molecular flexibility index (Phi) is 7.31. The Bertz CT molecular complexity index is 838. The number of nitrogens with zero attached hydrogens (tertiary/aromatic N) is 2. The molecule has 9 heteroatoms. The van der Waals surface area contributed by atoms with Gasteiger partial charge in [0.25, 0.3) is 5.91 Å². The first-order valence-corrected chi connectivity index (χ1v) is 10.7. The molecule has 2 fully saturated rings. The highest BCUT2D eigenvalue weighted by atomic mass is 35.5. The lowest BCUT2D eigenvalue weighted by molar-refractivity contribution is -0.125. The molecule has 2 N–H and O–H groups in total. The van der Waals surface area contributed by atoms with Crippen LogP contribution in [0.25, 0.3) is 0 Å². The van der Waals surface area contributed by atoms with Gasteiger partial charge in [-0.15, -0.1) is 0 Å². The smallest absolute Gasteiger partial charge is 0.326 e. The van der Waals surface area contributed by atoms with Gasteiger partial charge in [0.1, 0.15) is 6.54 Å². The minimum atomic E-state index is -0.341. The minimum absolute atomic E-state index is 0.0709. The molecule has 1 aromatic rings. The molecule has 5 amide bonds. The molecule has 1 saturated heterocycles. The molecule has 0 radical (unpaired) electrons. The van der Waals surface area contributed by atoms with Crippen LogP contribution in [0.5, 0.6) is 0 Å². The number of likely N-dealkylation sites (N-methyl/N-ethyl adjacent to an activating group) is 1. The van der Waals surface area contributed by atoms with Gasteiger partial charge in [0.2, 0.25) is 11.8 Å². The monoisotopic (exact) mass is 434 g/mol. The minimum Gasteiger partial charge on any atom is -0.349 e. The predicted molar refractivity (Wildman–Crippen MR) is 113 cm³/mol. The van der Waals surface area contributed by atoms with Crippen molar-refractivity contribution >= 4 is 41.0 Å². The summed E-state index contributed by atoms with van der Waals surface area (Å²) < 4.78 is 0. The molecular weight excluding hydrogens is 408 g/mol. The Morgan fingerprint density at radius 1 is 1.17 bits per heavy atom. The summed E-state index contributed by atoms with van der Waals surface area (Å²) in [5.74, 6) is -0.754. The Morgan fingerprint density at radius 3 is 2.57 bits per heavy atom. The molecule has 162 valence electrons. The molecule has 0 unspecified atom stereocenters. The van der Waals surface area contributed by atoms with E-state index in [0.717, 1.165) is 30.6 Å². The zero-order valence-electron chi connectivity index (χ0n) is 17.1. The first-order valence-electron chi connectivity index (χ1n) is 10.3. The summed E-state index contributed by atoms with van der Waals surface area (Å²) >= 11 is 6.19. The second-order valence-electron chi connectivity index (χ2n) is 7.84. The van der Waals surface area contributed by atoms with Crippen LogP contribution in [-0.4, -0.2) is 59.7 Å². The predicted octanol–water partition coefficient (Wildman–Crippen LogP) is 3.02. The zero-order chi connectivity index (χ0) is 21.7. The Balaban J connectivity index is 1.51. The fraction of sp³-hybridized carbons (Fsp3) is 0.524. The van der Waals surface area contributed by atoms with Crippen LogP contribution in [0.1, 0.15) is 55.3 Å². The summed E-state index contributed by atoms with van der Waals surface area (Å²) in [4.78, 5) is 50.9. The molecule has 1 aromatic carbocycles. The number of urea groups is 1. The highest BCUT2D eigenvalue weighted by molar-refractivity contribution is 6.34. The zero-order valence-corrected chi connectivity index (χ0v) is 17.8. The van der Waals surface area contributed by atoms with Crippen LogP contribution < -0.4 is 10.6 Å². The molecule has 1 aliphatic carbocycles. The lowest BCUT2D eigenvalue weighted by Gasteiger charge is -2.23. The van der Waals surface area contributed by atoms with Gasteiger partial charge < -0.3 is 15.5 Å². The molecule has 2 aliphatic rings. The maximum Gasteiger partial charge on any atom is 0.326 e. The van der Waals surface area contributed by atoms with Crippen molar-refractivity contribution in [2.24, 2.45) is 0 Å². The van der Waals surface area contributed by atoms with E-state index in [1.807, 2.05) is 0 Å². The van der Waals surface area contributed by atoms with E-state index in [2.05, 4.69) is 10.6 Å². The SMILES string of the molecule is CN1CC(=O)N(CCCC(=O)Nc2ccc(Cl)c(C(=O)NC3CCCCC3)c2)C1=O.